The maximum Gasteiger partial charge on any atom is 0.327 e. The van der Waals surface area contributed by atoms with Gasteiger partial charge in [0.25, 0.3) is 11.7 Å². The number of allylic oxidation sites excluding steroid dienone is 5. The average molecular weight is 1010 g/mol. The Labute approximate surface area is 429 Å². The summed E-state index contributed by atoms with van der Waals surface area (Å²) in [6.45, 7) is 18.8. The molecular formula is C56H77N7O10. The predicted molar refractivity (Wildman–Crippen MR) is 281 cm³/mol. The molecule has 5 heterocycles. The largest absolute Gasteiger partial charge is 0.507 e. The normalized spacial score (nSPS) is 27.1. The first-order valence-corrected chi connectivity index (χ1v) is 25.4. The van der Waals surface area contributed by atoms with E-state index in [9.17, 15) is 29.7 Å². The number of hydrogen-bond donors (Lipinski definition) is 7. The van der Waals surface area contributed by atoms with Gasteiger partial charge >= 0.3 is 11.8 Å². The number of hydrogen-bond acceptors (Lipinski definition) is 16. The van der Waals surface area contributed by atoms with Crippen LogP contribution in [0, 0.1) is 36.5 Å². The van der Waals surface area contributed by atoms with E-state index in [1.807, 2.05) is 64.1 Å². The van der Waals surface area contributed by atoms with Crippen molar-refractivity contribution in [1.29, 1.82) is 0 Å². The SMILES string of the molecule is C/C1=C/C=C/[C@H](C)C[C@@H](C)C(O)[C@@H](C)[C@H](OC(=O)CN(N)/C=C(\N)CCc2ccccc2)[C@H](C)C/C=C/OC2(C)Oc3c(C)c(O)c4c(O)c(c5c(c4c3C2=O)=NC2(CCN(CC(C)C)CC2)N=5)NC1=O.CO. The number of phenolic OH excluding ortho intramolecular Hbond substituents is 2. The number of ketones is 1. The third kappa shape index (κ3) is 12.6. The second-order valence-corrected chi connectivity index (χ2v) is 20.9. The predicted octanol–water partition coefficient (Wildman–Crippen LogP) is 6.35. The first kappa shape index (κ1) is 56.0. The van der Waals surface area contributed by atoms with Crippen molar-refractivity contribution >= 4 is 34.1 Å². The van der Waals surface area contributed by atoms with E-state index in [1.165, 1.54) is 24.4 Å². The molecule has 8 rings (SSSR count). The number of nitrogens with zero attached hydrogens (tertiary/aromatic N) is 4. The van der Waals surface area contributed by atoms with Crippen molar-refractivity contribution in [2.75, 3.05) is 38.6 Å². The third-order valence-electron chi connectivity index (χ3n) is 14.4. The molecule has 5 aliphatic heterocycles. The number of amides is 1. The molecule has 1 amide bonds. The summed E-state index contributed by atoms with van der Waals surface area (Å²) < 4.78 is 18.7. The molecule has 0 saturated carbocycles. The van der Waals surface area contributed by atoms with Crippen molar-refractivity contribution in [2.24, 2.45) is 51.2 Å². The van der Waals surface area contributed by atoms with Crippen LogP contribution in [0.15, 0.2) is 88.4 Å². The number of esters is 1. The van der Waals surface area contributed by atoms with Gasteiger partial charge in [-0.1, -0.05) is 90.1 Å². The molecule has 3 aromatic carbocycles. The Balaban J connectivity index is 0.00000429. The molecule has 5 bridgehead atoms. The fraction of sp³-hybridized carbons (Fsp3) is 0.518. The highest BCUT2D eigenvalue weighted by Crippen LogP contribution is 2.50. The number of nitrogens with one attached hydrogen (secondary N) is 1. The fourth-order valence-corrected chi connectivity index (χ4v) is 10.4. The summed E-state index contributed by atoms with van der Waals surface area (Å²) in [6, 6.07) is 9.91. The van der Waals surface area contributed by atoms with Gasteiger partial charge in [0.15, 0.2) is 11.4 Å². The van der Waals surface area contributed by atoms with Crippen molar-refractivity contribution in [3.8, 4) is 17.2 Å². The molecule has 17 nitrogen and oxygen atoms in total. The average Bonchev–Trinajstić information content (AvgIpc) is 3.85. The topological polar surface area (TPSA) is 255 Å². The van der Waals surface area contributed by atoms with Crippen LogP contribution in [-0.4, -0.2) is 105 Å². The molecule has 0 radical (unpaired) electrons. The Kier molecular flexibility index (Phi) is 18.2. The molecule has 0 aromatic heterocycles. The summed E-state index contributed by atoms with van der Waals surface area (Å²) in [6.07, 6.45) is 11.6. The van der Waals surface area contributed by atoms with Gasteiger partial charge in [-0.3, -0.25) is 24.4 Å². The number of ether oxygens (including phenoxy) is 3. The number of piperidine rings is 1. The zero-order valence-electron chi connectivity index (χ0n) is 44.1. The number of fused-ring (bicyclic) bond motifs is 13. The van der Waals surface area contributed by atoms with Gasteiger partial charge in [0.2, 0.25) is 0 Å². The number of aliphatic hydroxyl groups is 2. The van der Waals surface area contributed by atoms with Crippen molar-refractivity contribution in [1.82, 2.24) is 9.91 Å². The summed E-state index contributed by atoms with van der Waals surface area (Å²) in [7, 11) is 1.00. The number of Topliss-reactive ketones (excluding diaryl/α,β-unsaturated/α-hetero) is 1. The molecule has 73 heavy (non-hydrogen) atoms. The first-order valence-electron chi connectivity index (χ1n) is 25.4. The summed E-state index contributed by atoms with van der Waals surface area (Å²) in [5.41, 5.74) is 7.51. The number of aliphatic hydroxyl groups excluding tert-OH is 2. The molecule has 1 fully saturated rings. The van der Waals surface area contributed by atoms with Crippen LogP contribution in [0.3, 0.4) is 0 Å². The van der Waals surface area contributed by atoms with Gasteiger partial charge in [-0.2, -0.15) is 0 Å². The van der Waals surface area contributed by atoms with E-state index in [0.29, 0.717) is 68.8 Å². The number of anilines is 1. The van der Waals surface area contributed by atoms with E-state index in [-0.39, 0.29) is 74.1 Å². The highest BCUT2D eigenvalue weighted by Gasteiger charge is 2.50. The van der Waals surface area contributed by atoms with Crippen molar-refractivity contribution in [3.05, 3.63) is 106 Å². The lowest BCUT2D eigenvalue weighted by atomic mass is 9.80. The highest BCUT2D eigenvalue weighted by atomic mass is 16.7. The van der Waals surface area contributed by atoms with Crippen LogP contribution in [0.1, 0.15) is 109 Å². The standard InChI is InChI=1S/C55H73N7O9.CH4O/c1-31(2)28-61-24-22-55(23-25-61)59-44-41-42-48(65)37(8)51-43(41)52(67)54(9,71-51)69-26-14-17-33(4)50(70-40(63)30-62(57)29-39(56)21-20-38-18-11-10-12-19-38)36(7)47(64)35(6)27-32(3)15-13-16-34(5)53(68)58-46(49(42)66)45(44)60-55;1-2/h10-16,18-19,26,29,31-33,35-36,47,50,64-66H,17,20-25,27-28,30,56-57H2,1-9H3,(H,58,68);2H,1H3/b15-13+,26-14+,34-16-,39-29-;/t32-,33+,35+,36+,47?,50+,54?;/m0./s1. The quantitative estimate of drug-likeness (QED) is 0.0534. The van der Waals surface area contributed by atoms with Gasteiger partial charge in [0.1, 0.15) is 35.2 Å². The van der Waals surface area contributed by atoms with Crippen molar-refractivity contribution < 1.29 is 49.0 Å². The van der Waals surface area contributed by atoms with E-state index in [4.69, 9.17) is 40.9 Å². The Bertz CT molecular complexity index is 2770. The molecule has 9 N–H and O–H groups in total. The van der Waals surface area contributed by atoms with Gasteiger partial charge in [-0.25, -0.2) is 5.84 Å². The Morgan fingerprint density at radius 1 is 1.01 bits per heavy atom. The van der Waals surface area contributed by atoms with E-state index >= 15 is 0 Å². The molecule has 1 saturated heterocycles. The molecule has 3 aromatic rings. The summed E-state index contributed by atoms with van der Waals surface area (Å²) in [5, 5.41) is 47.6. The maximum atomic E-state index is 14.8. The van der Waals surface area contributed by atoms with Gasteiger partial charge in [0, 0.05) is 80.8 Å². The minimum atomic E-state index is -1.91. The minimum Gasteiger partial charge on any atom is -0.507 e. The zero-order chi connectivity index (χ0) is 53.5. The lowest BCUT2D eigenvalue weighted by Crippen LogP contribution is -2.43. The van der Waals surface area contributed by atoms with Crippen LogP contribution in [-0.2, 0) is 25.5 Å². The van der Waals surface area contributed by atoms with Gasteiger partial charge in [-0.05, 0) is 74.8 Å². The molecule has 2 unspecified atom stereocenters. The smallest absolute Gasteiger partial charge is 0.327 e. The highest BCUT2D eigenvalue weighted by molar-refractivity contribution is 6.19. The second kappa shape index (κ2) is 23.7. The Hall–Kier alpha value is -6.27. The van der Waals surface area contributed by atoms with E-state index < -0.39 is 53.0 Å². The molecule has 0 aliphatic carbocycles. The molecule has 1 spiro atoms. The summed E-state index contributed by atoms with van der Waals surface area (Å²) in [5.74, 6) is 1.22. The van der Waals surface area contributed by atoms with Crippen LogP contribution in [0.4, 0.5) is 5.69 Å². The number of rotatable bonds is 9. The Morgan fingerprint density at radius 3 is 2.36 bits per heavy atom. The first-order chi connectivity index (χ1) is 34.6. The number of aromatic hydroxyl groups is 2. The molecule has 7 atom stereocenters. The fourth-order valence-electron chi connectivity index (χ4n) is 10.4. The van der Waals surface area contributed by atoms with Crippen LogP contribution in [0.2, 0.25) is 0 Å². The number of likely N-dealkylation sites (tertiary alicyclic amines) is 1. The van der Waals surface area contributed by atoms with Gasteiger partial charge < -0.3 is 55.6 Å². The second-order valence-electron chi connectivity index (χ2n) is 20.9. The number of hydrazine groups is 1. The third-order valence-corrected chi connectivity index (χ3v) is 14.4. The molecule has 396 valence electrons. The number of benzene rings is 3. The van der Waals surface area contributed by atoms with Crippen molar-refractivity contribution in [3.63, 3.8) is 0 Å². The van der Waals surface area contributed by atoms with Gasteiger partial charge in [-0.15, -0.1) is 0 Å². The van der Waals surface area contributed by atoms with E-state index in [1.54, 1.807) is 32.1 Å². The number of aryl methyl sites for hydroxylation is 1. The minimum absolute atomic E-state index is 0.0169. The number of carbonyl (C=O) groups excluding carboxylic acids is 3. The van der Waals surface area contributed by atoms with E-state index in [0.717, 1.165) is 19.2 Å². The maximum absolute atomic E-state index is 14.8. The zero-order valence-corrected chi connectivity index (χ0v) is 44.1. The number of nitrogens with two attached hydrogens (primary N) is 2. The Morgan fingerprint density at radius 2 is 1.68 bits per heavy atom. The van der Waals surface area contributed by atoms with Crippen LogP contribution < -0.4 is 32.3 Å². The lowest BCUT2D eigenvalue weighted by Gasteiger charge is -2.36. The lowest BCUT2D eigenvalue weighted by molar-refractivity contribution is -0.159. The van der Waals surface area contributed by atoms with Gasteiger partial charge in [0.05, 0.1) is 28.7 Å². The molecular weight excluding hydrogens is 931 g/mol. The van der Waals surface area contributed by atoms with E-state index in [2.05, 4.69) is 24.1 Å². The number of carbonyl (C=O) groups is 3. The summed E-state index contributed by atoms with van der Waals surface area (Å²) >= 11 is 0. The van der Waals surface area contributed by atoms with Crippen LogP contribution in [0.25, 0.3) is 10.8 Å². The number of phenols is 2. The molecule has 17 heteroatoms. The van der Waals surface area contributed by atoms with Crippen LogP contribution in [0.5, 0.6) is 17.2 Å². The van der Waals surface area contributed by atoms with Crippen molar-refractivity contribution in [2.45, 2.75) is 124 Å². The molecule has 5 aliphatic rings. The monoisotopic (exact) mass is 1010 g/mol. The summed E-state index contributed by atoms with van der Waals surface area (Å²) in [4.78, 5) is 55.2. The van der Waals surface area contributed by atoms with Crippen LogP contribution >= 0.6 is 0 Å².